The number of aliphatic carboxylic acids is 1. The first-order valence-corrected chi connectivity index (χ1v) is 15.0. The summed E-state index contributed by atoms with van der Waals surface area (Å²) in [6, 6.07) is 7.20. The number of phenolic OH excluding ortho intramolecular Hbond substituents is 1. The number of carboxylic acid groups (broad SMARTS) is 1. The molecule has 0 saturated carbocycles. The van der Waals surface area contributed by atoms with E-state index in [0.717, 1.165) is 22.9 Å². The normalized spacial score (nSPS) is 20.2. The van der Waals surface area contributed by atoms with Crippen LogP contribution in [0.25, 0.3) is 11.4 Å². The summed E-state index contributed by atoms with van der Waals surface area (Å²) >= 11 is 1.12. The molecule has 46 heavy (non-hydrogen) atoms. The van der Waals surface area contributed by atoms with E-state index in [0.29, 0.717) is 22.7 Å². The number of rotatable bonds is 8. The first-order valence-electron chi connectivity index (χ1n) is 14.1. The molecule has 16 heteroatoms. The van der Waals surface area contributed by atoms with Crippen molar-refractivity contribution >= 4 is 47.2 Å². The zero-order valence-corrected chi connectivity index (χ0v) is 25.7. The van der Waals surface area contributed by atoms with Gasteiger partial charge in [-0.15, -0.1) is 11.8 Å². The second-order valence-corrected chi connectivity index (χ2v) is 12.9. The van der Waals surface area contributed by atoms with Crippen molar-refractivity contribution in [1.29, 1.82) is 0 Å². The second kappa shape index (κ2) is 12.3. The number of nitrogens with zero attached hydrogens (tertiary/aromatic N) is 3. The zero-order valence-electron chi connectivity index (χ0n) is 24.9. The molecule has 5 amide bonds. The van der Waals surface area contributed by atoms with Gasteiger partial charge in [0.25, 0.3) is 23.3 Å². The van der Waals surface area contributed by atoms with Crippen LogP contribution in [0.4, 0.5) is 10.5 Å². The van der Waals surface area contributed by atoms with Crippen LogP contribution in [-0.4, -0.2) is 88.5 Å². The number of carbonyl (C=O) groups is 5. The lowest BCUT2D eigenvalue weighted by Crippen LogP contribution is -2.72. The number of benzene rings is 2. The van der Waals surface area contributed by atoms with Crippen molar-refractivity contribution in [2.24, 2.45) is 5.73 Å². The molecule has 1 aromatic heterocycles. The lowest BCUT2D eigenvalue weighted by Gasteiger charge is -2.47. The SMILES string of the molecule is CCNC(=O)Nc1ccc(-c2ncc(C(=O)N(C(=O)[C@H](N)c3ccc(O)cc3)[C@@H]3C(=O)N4[C@@H]3SC(C)(C)[C@@H]4C(=O)O)c(=O)[nH]2)cc1. The van der Waals surface area contributed by atoms with Crippen LogP contribution in [0.1, 0.15) is 42.7 Å². The van der Waals surface area contributed by atoms with Gasteiger partial charge in [0, 0.05) is 28.7 Å². The minimum atomic E-state index is -1.47. The van der Waals surface area contributed by atoms with Gasteiger partial charge >= 0.3 is 12.0 Å². The van der Waals surface area contributed by atoms with E-state index in [9.17, 15) is 39.0 Å². The summed E-state index contributed by atoms with van der Waals surface area (Å²) in [6.45, 7) is 5.51. The molecular formula is C30H31N7O8S. The van der Waals surface area contributed by atoms with Gasteiger partial charge in [-0.1, -0.05) is 12.1 Å². The fourth-order valence-corrected chi connectivity index (χ4v) is 7.11. The summed E-state index contributed by atoms with van der Waals surface area (Å²) in [7, 11) is 0. The average Bonchev–Trinajstić information content (AvgIpc) is 3.26. The highest BCUT2D eigenvalue weighted by atomic mass is 32.2. The number of aromatic hydroxyl groups is 1. The Morgan fingerprint density at radius 2 is 1.76 bits per heavy atom. The van der Waals surface area contributed by atoms with Crippen molar-refractivity contribution in [3.05, 3.63) is 76.2 Å². The molecular weight excluding hydrogens is 618 g/mol. The van der Waals surface area contributed by atoms with Gasteiger partial charge in [0.2, 0.25) is 0 Å². The van der Waals surface area contributed by atoms with Gasteiger partial charge in [0.15, 0.2) is 0 Å². The number of thioether (sulfide) groups is 1. The number of nitrogens with two attached hydrogens (primary N) is 1. The number of amides is 5. The van der Waals surface area contributed by atoms with E-state index in [-0.39, 0.29) is 23.2 Å². The molecule has 0 radical (unpaired) electrons. The Morgan fingerprint density at radius 1 is 1.11 bits per heavy atom. The van der Waals surface area contributed by atoms with E-state index in [4.69, 9.17) is 5.73 Å². The Hall–Kier alpha value is -5.22. The number of nitrogens with one attached hydrogen (secondary N) is 3. The number of carbonyl (C=O) groups excluding carboxylic acids is 4. The number of β-lactam (4-membered cyclic amide) rings is 1. The summed E-state index contributed by atoms with van der Waals surface area (Å²) in [5.74, 6) is -4.16. The zero-order chi connectivity index (χ0) is 33.5. The van der Waals surface area contributed by atoms with Crippen LogP contribution in [0.15, 0.2) is 59.5 Å². The number of aromatic nitrogens is 2. The molecule has 240 valence electrons. The quantitative estimate of drug-likeness (QED) is 0.191. The molecule has 2 aliphatic rings. The van der Waals surface area contributed by atoms with E-state index in [1.165, 1.54) is 24.3 Å². The molecule has 0 bridgehead atoms. The fraction of sp³-hybridized carbons (Fsp3) is 0.300. The van der Waals surface area contributed by atoms with Crippen molar-refractivity contribution in [2.75, 3.05) is 11.9 Å². The van der Waals surface area contributed by atoms with E-state index >= 15 is 0 Å². The molecule has 5 rings (SSSR count). The predicted molar refractivity (Wildman–Crippen MR) is 167 cm³/mol. The summed E-state index contributed by atoms with van der Waals surface area (Å²) in [5.41, 5.74) is 5.96. The summed E-state index contributed by atoms with van der Waals surface area (Å²) in [4.78, 5) is 86.9. The molecule has 0 unspecified atom stereocenters. The first-order chi connectivity index (χ1) is 21.7. The number of carboxylic acids is 1. The van der Waals surface area contributed by atoms with Gasteiger partial charge in [-0.3, -0.25) is 24.1 Å². The maximum absolute atomic E-state index is 14.0. The number of imide groups is 1. The molecule has 0 aliphatic carbocycles. The fourth-order valence-electron chi connectivity index (χ4n) is 5.44. The molecule has 3 aromatic rings. The minimum absolute atomic E-state index is 0.0870. The van der Waals surface area contributed by atoms with Gasteiger partial charge in [-0.05, 0) is 62.7 Å². The third-order valence-electron chi connectivity index (χ3n) is 7.68. The molecule has 3 heterocycles. The number of phenols is 1. The number of urea groups is 1. The van der Waals surface area contributed by atoms with Gasteiger partial charge in [0.1, 0.15) is 40.6 Å². The Bertz CT molecular complexity index is 1780. The summed E-state index contributed by atoms with van der Waals surface area (Å²) in [5, 5.41) is 23.8. The van der Waals surface area contributed by atoms with Gasteiger partial charge < -0.3 is 36.5 Å². The Kier molecular flexibility index (Phi) is 8.60. The number of hydrogen-bond acceptors (Lipinski definition) is 10. The number of fused-ring (bicyclic) bond motifs is 1. The van der Waals surface area contributed by atoms with Crippen LogP contribution in [0.5, 0.6) is 5.75 Å². The van der Waals surface area contributed by atoms with Crippen LogP contribution < -0.4 is 21.9 Å². The molecule has 0 spiro atoms. The van der Waals surface area contributed by atoms with E-state index in [1.807, 2.05) is 0 Å². The number of anilines is 1. The Labute approximate surface area is 266 Å². The van der Waals surface area contributed by atoms with Gasteiger partial charge in [-0.2, -0.15) is 0 Å². The maximum Gasteiger partial charge on any atom is 0.327 e. The van der Waals surface area contributed by atoms with Crippen LogP contribution in [0, 0.1) is 0 Å². The molecule has 2 fully saturated rings. The maximum atomic E-state index is 14.0. The van der Waals surface area contributed by atoms with Crippen molar-refractivity contribution in [2.45, 2.75) is 49.0 Å². The topological polar surface area (TPSA) is 228 Å². The molecule has 15 nitrogen and oxygen atoms in total. The molecule has 4 atom stereocenters. The Balaban J connectivity index is 1.47. The summed E-state index contributed by atoms with van der Waals surface area (Å²) in [6.07, 6.45) is 0.983. The van der Waals surface area contributed by atoms with E-state index in [1.54, 1.807) is 45.0 Å². The molecule has 7 N–H and O–H groups in total. The average molecular weight is 650 g/mol. The van der Waals surface area contributed by atoms with E-state index < -0.39 is 63.1 Å². The van der Waals surface area contributed by atoms with Crippen LogP contribution in [-0.2, 0) is 14.4 Å². The van der Waals surface area contributed by atoms with Crippen LogP contribution in [0.2, 0.25) is 0 Å². The number of hydrogen-bond donors (Lipinski definition) is 6. The second-order valence-electron chi connectivity index (χ2n) is 11.2. The highest BCUT2D eigenvalue weighted by molar-refractivity contribution is 8.01. The third-order valence-corrected chi connectivity index (χ3v) is 9.24. The molecule has 2 aliphatic heterocycles. The summed E-state index contributed by atoms with van der Waals surface area (Å²) < 4.78 is -0.955. The highest BCUT2D eigenvalue weighted by Crippen LogP contribution is 2.52. The minimum Gasteiger partial charge on any atom is -0.508 e. The van der Waals surface area contributed by atoms with Gasteiger partial charge in [0.05, 0.1) is 0 Å². The van der Waals surface area contributed by atoms with E-state index in [2.05, 4.69) is 20.6 Å². The van der Waals surface area contributed by atoms with Crippen LogP contribution in [0.3, 0.4) is 0 Å². The smallest absolute Gasteiger partial charge is 0.327 e. The van der Waals surface area contributed by atoms with Gasteiger partial charge in [-0.25, -0.2) is 14.6 Å². The lowest BCUT2D eigenvalue weighted by atomic mass is 9.94. The molecule has 2 saturated heterocycles. The highest BCUT2D eigenvalue weighted by Gasteiger charge is 2.66. The number of aromatic amines is 1. The van der Waals surface area contributed by atoms with Crippen molar-refractivity contribution < 1.29 is 34.2 Å². The van der Waals surface area contributed by atoms with Crippen molar-refractivity contribution in [1.82, 2.24) is 25.1 Å². The van der Waals surface area contributed by atoms with Crippen LogP contribution >= 0.6 is 11.8 Å². The number of H-pyrrole nitrogens is 1. The standard InChI is InChI=1S/C30H31N7O8S/c1-4-32-29(45)34-16-9-5-15(6-10-16)22-33-13-18(23(39)35-22)24(40)36(25(41)19(31)14-7-11-17(38)12-8-14)20-26(42)37-21(28(43)44)30(2,3)46-27(20)37/h5-13,19-21,27,38H,4,31H2,1-3H3,(H,43,44)(H2,32,34,45)(H,33,35,39)/t19-,20-,21+,27-/m1/s1. The van der Waals surface area contributed by atoms with Crippen molar-refractivity contribution in [3.8, 4) is 17.1 Å². The monoisotopic (exact) mass is 649 g/mol. The lowest BCUT2D eigenvalue weighted by molar-refractivity contribution is -0.166. The third kappa shape index (κ3) is 5.79. The molecule has 2 aromatic carbocycles. The first kappa shape index (κ1) is 32.2. The predicted octanol–water partition coefficient (Wildman–Crippen LogP) is 1.47. The van der Waals surface area contributed by atoms with Crippen molar-refractivity contribution in [3.63, 3.8) is 0 Å². The largest absolute Gasteiger partial charge is 0.508 e. The Morgan fingerprint density at radius 3 is 2.35 bits per heavy atom.